The van der Waals surface area contributed by atoms with E-state index in [4.69, 9.17) is 0 Å². The fraction of sp³-hybridized carbons (Fsp3) is 0.391. The van der Waals surface area contributed by atoms with Crippen molar-refractivity contribution in [2.45, 2.75) is 25.3 Å². The maximum atomic E-state index is 13.0. The molecule has 0 N–H and O–H groups in total. The van der Waals surface area contributed by atoms with Gasteiger partial charge in [0.25, 0.3) is 11.8 Å². The SMILES string of the molecule is O=C([C@@H]1CS(=O)(=O)CN1C(=O)CCN1C(=O)c2cccc3cccc(c23)C1=O)N1CCCC1. The molecule has 5 rings (SSSR count). The highest BCUT2D eigenvalue weighted by Crippen LogP contribution is 2.30. The first-order valence-corrected chi connectivity index (χ1v) is 12.8. The number of imide groups is 1. The van der Waals surface area contributed by atoms with Crippen molar-refractivity contribution in [1.82, 2.24) is 14.7 Å². The topological polar surface area (TPSA) is 112 Å². The van der Waals surface area contributed by atoms with Crippen LogP contribution in [0.5, 0.6) is 0 Å². The lowest BCUT2D eigenvalue weighted by molar-refractivity contribution is -0.142. The second-order valence-corrected chi connectivity index (χ2v) is 10.8. The summed E-state index contributed by atoms with van der Waals surface area (Å²) in [7, 11) is -3.59. The second kappa shape index (κ2) is 7.95. The number of hydrogen-bond acceptors (Lipinski definition) is 6. The summed E-state index contributed by atoms with van der Waals surface area (Å²) in [5.74, 6) is -2.82. The zero-order valence-corrected chi connectivity index (χ0v) is 18.7. The Morgan fingerprint density at radius 3 is 2.15 bits per heavy atom. The summed E-state index contributed by atoms with van der Waals surface area (Å²) in [4.78, 5) is 55.6. The van der Waals surface area contributed by atoms with Gasteiger partial charge in [0.05, 0.1) is 5.75 Å². The molecule has 2 aromatic carbocycles. The molecule has 0 saturated carbocycles. The molecule has 0 spiro atoms. The Hall–Kier alpha value is -3.27. The molecule has 4 amide bonds. The molecule has 0 unspecified atom stereocenters. The van der Waals surface area contributed by atoms with Crippen LogP contribution in [0.25, 0.3) is 10.8 Å². The van der Waals surface area contributed by atoms with Gasteiger partial charge in [-0.15, -0.1) is 0 Å². The summed E-state index contributed by atoms with van der Waals surface area (Å²) >= 11 is 0. The van der Waals surface area contributed by atoms with Gasteiger partial charge in [-0.1, -0.05) is 24.3 Å². The minimum Gasteiger partial charge on any atom is -0.341 e. The number of likely N-dealkylation sites (tertiary alicyclic amines) is 1. The van der Waals surface area contributed by atoms with Crippen LogP contribution in [0.2, 0.25) is 0 Å². The van der Waals surface area contributed by atoms with Gasteiger partial charge in [-0.2, -0.15) is 0 Å². The number of hydrogen-bond donors (Lipinski definition) is 0. The molecule has 0 radical (unpaired) electrons. The van der Waals surface area contributed by atoms with E-state index < -0.39 is 45.2 Å². The van der Waals surface area contributed by atoms with E-state index >= 15 is 0 Å². The highest BCUT2D eigenvalue weighted by atomic mass is 32.2. The van der Waals surface area contributed by atoms with Gasteiger partial charge >= 0.3 is 0 Å². The average molecular weight is 470 g/mol. The smallest absolute Gasteiger partial charge is 0.261 e. The number of carbonyl (C=O) groups is 4. The van der Waals surface area contributed by atoms with E-state index in [9.17, 15) is 27.6 Å². The van der Waals surface area contributed by atoms with Crippen LogP contribution in [0.4, 0.5) is 0 Å². The number of carbonyl (C=O) groups excluding carboxylic acids is 4. The predicted octanol–water partition coefficient (Wildman–Crippen LogP) is 1.03. The van der Waals surface area contributed by atoms with Crippen molar-refractivity contribution in [3.63, 3.8) is 0 Å². The van der Waals surface area contributed by atoms with Crippen LogP contribution < -0.4 is 0 Å². The molecule has 3 aliphatic heterocycles. The molecule has 0 bridgehead atoms. The van der Waals surface area contributed by atoms with E-state index in [1.54, 1.807) is 29.2 Å². The van der Waals surface area contributed by atoms with Gasteiger partial charge in [0, 0.05) is 42.6 Å². The van der Waals surface area contributed by atoms with Gasteiger partial charge in [0.1, 0.15) is 11.9 Å². The predicted molar refractivity (Wildman–Crippen MR) is 119 cm³/mol. The monoisotopic (exact) mass is 469 g/mol. The van der Waals surface area contributed by atoms with Gasteiger partial charge in [0.2, 0.25) is 11.8 Å². The molecule has 0 aromatic heterocycles. The van der Waals surface area contributed by atoms with Crippen LogP contribution in [0.3, 0.4) is 0 Å². The van der Waals surface area contributed by atoms with Gasteiger partial charge in [-0.25, -0.2) is 8.42 Å². The third kappa shape index (κ3) is 3.68. The Labute approximate surface area is 190 Å². The lowest BCUT2D eigenvalue weighted by Crippen LogP contribution is -2.49. The molecular weight excluding hydrogens is 446 g/mol. The fourth-order valence-electron chi connectivity index (χ4n) is 4.92. The molecule has 3 heterocycles. The average Bonchev–Trinajstić information content (AvgIpc) is 3.44. The zero-order valence-electron chi connectivity index (χ0n) is 17.9. The molecule has 0 aliphatic carbocycles. The summed E-state index contributed by atoms with van der Waals surface area (Å²) < 4.78 is 24.5. The Kier molecular flexibility index (Phi) is 5.19. The van der Waals surface area contributed by atoms with Crippen molar-refractivity contribution < 1.29 is 27.6 Å². The minimum atomic E-state index is -3.59. The van der Waals surface area contributed by atoms with E-state index in [-0.39, 0.29) is 18.9 Å². The quantitative estimate of drug-likeness (QED) is 0.619. The van der Waals surface area contributed by atoms with Crippen molar-refractivity contribution in [2.24, 2.45) is 0 Å². The van der Waals surface area contributed by atoms with Gasteiger partial charge in [-0.3, -0.25) is 24.1 Å². The molecule has 2 saturated heterocycles. The van der Waals surface area contributed by atoms with Crippen molar-refractivity contribution in [3.05, 3.63) is 47.5 Å². The minimum absolute atomic E-state index is 0.192. The molecule has 172 valence electrons. The van der Waals surface area contributed by atoms with Crippen molar-refractivity contribution in [1.29, 1.82) is 0 Å². The summed E-state index contributed by atoms with van der Waals surface area (Å²) in [6.07, 6.45) is 1.45. The molecule has 3 aliphatic rings. The van der Waals surface area contributed by atoms with Crippen LogP contribution in [0.15, 0.2) is 36.4 Å². The van der Waals surface area contributed by atoms with E-state index in [0.29, 0.717) is 29.6 Å². The number of nitrogens with zero attached hydrogens (tertiary/aromatic N) is 3. The van der Waals surface area contributed by atoms with Crippen molar-refractivity contribution in [2.75, 3.05) is 31.3 Å². The molecule has 10 heteroatoms. The van der Waals surface area contributed by atoms with Crippen LogP contribution in [0.1, 0.15) is 40.0 Å². The van der Waals surface area contributed by atoms with Crippen molar-refractivity contribution >= 4 is 44.2 Å². The summed E-state index contributed by atoms with van der Waals surface area (Å²) in [5, 5.41) is 1.38. The zero-order chi connectivity index (χ0) is 23.3. The lowest BCUT2D eigenvalue weighted by atomic mass is 9.94. The third-order valence-electron chi connectivity index (χ3n) is 6.55. The van der Waals surface area contributed by atoms with Crippen LogP contribution in [-0.4, -0.2) is 84.1 Å². The number of sulfone groups is 1. The Morgan fingerprint density at radius 2 is 1.55 bits per heavy atom. The van der Waals surface area contributed by atoms with Crippen LogP contribution in [0, 0.1) is 0 Å². The van der Waals surface area contributed by atoms with Crippen LogP contribution in [-0.2, 0) is 19.4 Å². The third-order valence-corrected chi connectivity index (χ3v) is 8.05. The molecule has 1 atom stereocenters. The van der Waals surface area contributed by atoms with Crippen molar-refractivity contribution in [3.8, 4) is 0 Å². The maximum Gasteiger partial charge on any atom is 0.261 e. The first kappa shape index (κ1) is 21.6. The lowest BCUT2D eigenvalue weighted by Gasteiger charge is -2.29. The van der Waals surface area contributed by atoms with E-state index in [1.165, 1.54) is 0 Å². The van der Waals surface area contributed by atoms with Crippen LogP contribution >= 0.6 is 0 Å². The number of benzene rings is 2. The Bertz CT molecular complexity index is 1250. The standard InChI is InChI=1S/C23H23N3O6S/c27-19(26-14-33(31,32)13-18(26)23(30)24-10-1-2-11-24)9-12-25-21(28)16-7-3-5-15-6-4-8-17(20(15)16)22(25)29/h3-8,18H,1-2,9-14H2/t18-/m0/s1. The molecular formula is C23H23N3O6S. The molecule has 9 nitrogen and oxygen atoms in total. The van der Waals surface area contributed by atoms with E-state index in [0.717, 1.165) is 28.0 Å². The first-order chi connectivity index (χ1) is 15.8. The normalized spacial score (nSPS) is 21.8. The summed E-state index contributed by atoms with van der Waals surface area (Å²) in [6, 6.07) is 9.37. The summed E-state index contributed by atoms with van der Waals surface area (Å²) in [6.45, 7) is 0.917. The summed E-state index contributed by atoms with van der Waals surface area (Å²) in [5.41, 5.74) is 0.780. The fourth-order valence-corrected chi connectivity index (χ4v) is 6.58. The second-order valence-electron chi connectivity index (χ2n) is 8.67. The Balaban J connectivity index is 1.34. The van der Waals surface area contributed by atoms with Gasteiger partial charge in [-0.05, 0) is 30.4 Å². The molecule has 33 heavy (non-hydrogen) atoms. The highest BCUT2D eigenvalue weighted by Gasteiger charge is 2.44. The Morgan fingerprint density at radius 1 is 0.939 bits per heavy atom. The number of rotatable bonds is 4. The largest absolute Gasteiger partial charge is 0.341 e. The first-order valence-electron chi connectivity index (χ1n) is 10.9. The van der Waals surface area contributed by atoms with E-state index in [1.807, 2.05) is 12.1 Å². The van der Waals surface area contributed by atoms with Gasteiger partial charge in [0.15, 0.2) is 9.84 Å². The molecule has 2 aromatic rings. The molecule has 2 fully saturated rings. The van der Waals surface area contributed by atoms with E-state index in [2.05, 4.69) is 0 Å². The van der Waals surface area contributed by atoms with Gasteiger partial charge < -0.3 is 9.80 Å². The number of amides is 4. The highest BCUT2D eigenvalue weighted by molar-refractivity contribution is 7.91. The maximum absolute atomic E-state index is 13.0.